The topological polar surface area (TPSA) is 12.0 Å². The van der Waals surface area contributed by atoms with E-state index in [0.717, 1.165) is 5.75 Å². The maximum Gasteiger partial charge on any atom is 0.129 e. The Bertz CT molecular complexity index is 297. The molecule has 1 aromatic rings. The van der Waals surface area contributed by atoms with Crippen LogP contribution in [0.3, 0.4) is 0 Å². The molecule has 1 rings (SSSR count). The van der Waals surface area contributed by atoms with Gasteiger partial charge in [0.25, 0.3) is 0 Å². The van der Waals surface area contributed by atoms with Gasteiger partial charge in [0.05, 0.1) is 0 Å². The van der Waals surface area contributed by atoms with E-state index in [0.29, 0.717) is 6.42 Å². The normalized spacial score (nSPS) is 12.8. The summed E-state index contributed by atoms with van der Waals surface area (Å²) in [6.45, 7) is 0. The maximum absolute atomic E-state index is 13.3. The minimum Gasteiger partial charge on any atom is -0.316 e. The molecule has 1 aromatic carbocycles. The lowest BCUT2D eigenvalue weighted by Crippen LogP contribution is -2.30. The molecule has 0 fully saturated rings. The molecular formula is C11H15F2NS. The third-order valence-electron chi connectivity index (χ3n) is 2.29. The van der Waals surface area contributed by atoms with Crippen LogP contribution in [0, 0.1) is 11.6 Å². The van der Waals surface area contributed by atoms with Crippen molar-refractivity contribution in [2.75, 3.05) is 19.1 Å². The predicted molar refractivity (Wildman–Crippen MR) is 61.3 cm³/mol. The molecule has 1 nitrogen and oxygen atoms in total. The fourth-order valence-corrected chi connectivity index (χ4v) is 2.11. The molecule has 0 heterocycles. The lowest BCUT2D eigenvalue weighted by Gasteiger charge is -2.15. The fraction of sp³-hybridized carbons (Fsp3) is 0.455. The molecule has 0 aliphatic rings. The molecule has 0 radical (unpaired) electrons. The van der Waals surface area contributed by atoms with Crippen LogP contribution in [0.4, 0.5) is 8.78 Å². The summed E-state index contributed by atoms with van der Waals surface area (Å²) >= 11 is 1.66. The second kappa shape index (κ2) is 6.08. The number of hydrogen-bond acceptors (Lipinski definition) is 2. The molecule has 0 aliphatic carbocycles. The van der Waals surface area contributed by atoms with Crippen molar-refractivity contribution in [2.45, 2.75) is 12.5 Å². The molecule has 0 bridgehead atoms. The lowest BCUT2D eigenvalue weighted by atomic mass is 10.1. The number of thioether (sulfide) groups is 1. The summed E-state index contributed by atoms with van der Waals surface area (Å²) in [7, 11) is 1.81. The van der Waals surface area contributed by atoms with Crippen LogP contribution in [-0.2, 0) is 6.42 Å². The molecule has 1 N–H and O–H groups in total. The van der Waals surface area contributed by atoms with Crippen LogP contribution in [0.2, 0.25) is 0 Å². The molecule has 1 atom stereocenters. The van der Waals surface area contributed by atoms with Crippen molar-refractivity contribution in [3.63, 3.8) is 0 Å². The molecule has 0 saturated heterocycles. The maximum atomic E-state index is 13.3. The molecule has 0 amide bonds. The Morgan fingerprint density at radius 1 is 1.33 bits per heavy atom. The molecule has 15 heavy (non-hydrogen) atoms. The summed E-state index contributed by atoms with van der Waals surface area (Å²) in [5.74, 6) is -0.0858. The molecule has 4 heteroatoms. The monoisotopic (exact) mass is 231 g/mol. The zero-order valence-corrected chi connectivity index (χ0v) is 9.70. The van der Waals surface area contributed by atoms with E-state index < -0.39 is 11.6 Å². The first kappa shape index (κ1) is 12.5. The van der Waals surface area contributed by atoms with E-state index in [1.165, 1.54) is 18.2 Å². The van der Waals surface area contributed by atoms with Crippen molar-refractivity contribution in [3.8, 4) is 0 Å². The first-order chi connectivity index (χ1) is 7.19. The Labute approximate surface area is 93.3 Å². The Morgan fingerprint density at radius 2 is 1.93 bits per heavy atom. The number of halogens is 2. The molecule has 1 unspecified atom stereocenters. The van der Waals surface area contributed by atoms with E-state index in [1.54, 1.807) is 18.8 Å². The Kier molecular flexibility index (Phi) is 5.05. The zero-order valence-electron chi connectivity index (χ0n) is 8.89. The molecular weight excluding hydrogens is 216 g/mol. The summed E-state index contributed by atoms with van der Waals surface area (Å²) in [6, 6.07) is 4.08. The zero-order chi connectivity index (χ0) is 11.3. The highest BCUT2D eigenvalue weighted by molar-refractivity contribution is 7.98. The summed E-state index contributed by atoms with van der Waals surface area (Å²) in [5.41, 5.74) is 0.172. The molecule has 0 saturated carbocycles. The molecule has 0 aliphatic heterocycles. The average Bonchev–Trinajstić information content (AvgIpc) is 2.22. The second-order valence-electron chi connectivity index (χ2n) is 3.35. The van der Waals surface area contributed by atoms with Gasteiger partial charge in [-0.2, -0.15) is 11.8 Å². The van der Waals surface area contributed by atoms with Crippen molar-refractivity contribution in [3.05, 3.63) is 35.4 Å². The smallest absolute Gasteiger partial charge is 0.129 e. The van der Waals surface area contributed by atoms with Crippen LogP contribution in [-0.4, -0.2) is 25.1 Å². The van der Waals surface area contributed by atoms with Crippen molar-refractivity contribution in [1.29, 1.82) is 0 Å². The number of nitrogens with one attached hydrogen (secondary N) is 1. The lowest BCUT2D eigenvalue weighted by molar-refractivity contribution is 0.524. The van der Waals surface area contributed by atoms with Gasteiger partial charge in [0.2, 0.25) is 0 Å². The first-order valence-electron chi connectivity index (χ1n) is 4.78. The van der Waals surface area contributed by atoms with E-state index in [4.69, 9.17) is 0 Å². The van der Waals surface area contributed by atoms with Crippen LogP contribution < -0.4 is 5.32 Å². The van der Waals surface area contributed by atoms with E-state index in [2.05, 4.69) is 5.32 Å². The molecule has 0 aromatic heterocycles. The number of hydrogen-bond donors (Lipinski definition) is 1. The van der Waals surface area contributed by atoms with E-state index >= 15 is 0 Å². The van der Waals surface area contributed by atoms with Crippen LogP contribution >= 0.6 is 11.8 Å². The van der Waals surface area contributed by atoms with Crippen LogP contribution in [0.25, 0.3) is 0 Å². The van der Waals surface area contributed by atoms with Gasteiger partial charge >= 0.3 is 0 Å². The average molecular weight is 231 g/mol. The highest BCUT2D eigenvalue weighted by Crippen LogP contribution is 2.15. The van der Waals surface area contributed by atoms with Gasteiger partial charge < -0.3 is 5.32 Å². The van der Waals surface area contributed by atoms with Gasteiger partial charge in [0, 0.05) is 17.4 Å². The van der Waals surface area contributed by atoms with E-state index in [-0.39, 0.29) is 11.6 Å². The largest absolute Gasteiger partial charge is 0.316 e. The minimum atomic E-state index is -0.462. The summed E-state index contributed by atoms with van der Waals surface area (Å²) in [6.07, 6.45) is 2.36. The Balaban J connectivity index is 2.78. The van der Waals surface area contributed by atoms with Gasteiger partial charge in [0.1, 0.15) is 11.6 Å². The van der Waals surface area contributed by atoms with Crippen LogP contribution in [0.15, 0.2) is 18.2 Å². The van der Waals surface area contributed by atoms with Crippen molar-refractivity contribution in [2.24, 2.45) is 0 Å². The summed E-state index contributed by atoms with van der Waals surface area (Å²) in [5, 5.41) is 3.05. The number of benzene rings is 1. The van der Waals surface area contributed by atoms with Gasteiger partial charge in [0.15, 0.2) is 0 Å². The van der Waals surface area contributed by atoms with Gasteiger partial charge in [-0.3, -0.25) is 0 Å². The highest BCUT2D eigenvalue weighted by Gasteiger charge is 2.13. The molecule has 84 valence electrons. The highest BCUT2D eigenvalue weighted by atomic mass is 32.2. The summed E-state index contributed by atoms with van der Waals surface area (Å²) in [4.78, 5) is 0. The Hall–Kier alpha value is -0.610. The summed E-state index contributed by atoms with van der Waals surface area (Å²) < 4.78 is 26.6. The van der Waals surface area contributed by atoms with E-state index in [9.17, 15) is 8.78 Å². The minimum absolute atomic E-state index is 0.103. The SMILES string of the molecule is CNC(CSC)Cc1c(F)cccc1F. The number of likely N-dealkylation sites (N-methyl/N-ethyl adjacent to an activating group) is 1. The van der Waals surface area contributed by atoms with Gasteiger partial charge in [-0.25, -0.2) is 8.78 Å². The Morgan fingerprint density at radius 3 is 2.40 bits per heavy atom. The van der Waals surface area contributed by atoms with Crippen LogP contribution in [0.1, 0.15) is 5.56 Å². The van der Waals surface area contributed by atoms with Crippen molar-refractivity contribution in [1.82, 2.24) is 5.32 Å². The standard InChI is InChI=1S/C11H15F2NS/c1-14-8(7-15-2)6-9-10(12)4-3-5-11(9)13/h3-5,8,14H,6-7H2,1-2H3. The third kappa shape index (κ3) is 3.47. The quantitative estimate of drug-likeness (QED) is 0.835. The van der Waals surface area contributed by atoms with Gasteiger partial charge in [-0.05, 0) is 31.9 Å². The van der Waals surface area contributed by atoms with Crippen molar-refractivity contribution >= 4 is 11.8 Å². The third-order valence-corrected chi connectivity index (χ3v) is 3.02. The first-order valence-corrected chi connectivity index (χ1v) is 6.17. The van der Waals surface area contributed by atoms with Crippen LogP contribution in [0.5, 0.6) is 0 Å². The molecule has 0 spiro atoms. The van der Waals surface area contributed by atoms with Gasteiger partial charge in [-0.15, -0.1) is 0 Å². The number of rotatable bonds is 5. The van der Waals surface area contributed by atoms with E-state index in [1.807, 2.05) is 6.26 Å². The van der Waals surface area contributed by atoms with Crippen molar-refractivity contribution < 1.29 is 8.78 Å². The fourth-order valence-electron chi connectivity index (χ4n) is 1.42. The predicted octanol–water partition coefficient (Wildman–Crippen LogP) is 2.46. The second-order valence-corrected chi connectivity index (χ2v) is 4.26. The van der Waals surface area contributed by atoms with Gasteiger partial charge in [-0.1, -0.05) is 6.07 Å².